The predicted molar refractivity (Wildman–Crippen MR) is 39.9 cm³/mol. The number of cyclic esters (lactones) is 1. The van der Waals surface area contributed by atoms with E-state index in [9.17, 15) is 4.79 Å². The Morgan fingerprint density at radius 3 is 3.27 bits per heavy atom. The zero-order chi connectivity index (χ0) is 7.84. The molecule has 2 fully saturated rings. The van der Waals surface area contributed by atoms with Gasteiger partial charge < -0.3 is 4.74 Å². The van der Waals surface area contributed by atoms with Crippen molar-refractivity contribution in [3.63, 3.8) is 0 Å². The molecule has 3 nitrogen and oxygen atoms in total. The fraction of sp³-hybridized carbons (Fsp3) is 0.875. The van der Waals surface area contributed by atoms with Crippen LogP contribution in [0.25, 0.3) is 0 Å². The molecule has 0 aromatic heterocycles. The number of carbonyl (C=O) groups is 1. The number of fused-ring (bicyclic) bond motifs is 1. The molecule has 2 rings (SSSR count). The summed E-state index contributed by atoms with van der Waals surface area (Å²) in [6.45, 7) is 3.09. The first-order valence-corrected chi connectivity index (χ1v) is 4.29. The first-order valence-electron chi connectivity index (χ1n) is 4.29. The van der Waals surface area contributed by atoms with Gasteiger partial charge >= 0.3 is 5.97 Å². The first kappa shape index (κ1) is 7.10. The minimum atomic E-state index is -0.00523. The van der Waals surface area contributed by atoms with Crippen molar-refractivity contribution >= 4 is 5.97 Å². The van der Waals surface area contributed by atoms with Gasteiger partial charge in [-0.15, -0.1) is 0 Å². The highest BCUT2D eigenvalue weighted by molar-refractivity contribution is 5.78. The monoisotopic (exact) mass is 155 g/mol. The summed E-state index contributed by atoms with van der Waals surface area (Å²) in [5, 5.41) is 0. The maximum absolute atomic E-state index is 11.2. The summed E-state index contributed by atoms with van der Waals surface area (Å²) in [5.74, 6) is -0.00523. The standard InChI is InChI=1S/C8H13NO2/c1-2-7-9-5-3-4-6(9)8(10)11-7/h6-7H,2-5H2,1H3/t6-,7?/m0/s1. The fourth-order valence-corrected chi connectivity index (χ4v) is 1.98. The van der Waals surface area contributed by atoms with Gasteiger partial charge in [0.15, 0.2) is 6.23 Å². The van der Waals surface area contributed by atoms with Gasteiger partial charge in [0.1, 0.15) is 6.04 Å². The summed E-state index contributed by atoms with van der Waals surface area (Å²) in [7, 11) is 0. The Hall–Kier alpha value is -0.570. The van der Waals surface area contributed by atoms with Crippen LogP contribution in [-0.4, -0.2) is 29.7 Å². The second-order valence-electron chi connectivity index (χ2n) is 3.20. The molecule has 62 valence electrons. The van der Waals surface area contributed by atoms with Gasteiger partial charge in [0.05, 0.1) is 0 Å². The molecule has 11 heavy (non-hydrogen) atoms. The van der Waals surface area contributed by atoms with Crippen LogP contribution in [0.3, 0.4) is 0 Å². The van der Waals surface area contributed by atoms with Crippen LogP contribution in [0.15, 0.2) is 0 Å². The van der Waals surface area contributed by atoms with E-state index in [0.29, 0.717) is 0 Å². The summed E-state index contributed by atoms with van der Waals surface area (Å²) in [6.07, 6.45) is 3.14. The summed E-state index contributed by atoms with van der Waals surface area (Å²) in [5.41, 5.74) is 0. The van der Waals surface area contributed by atoms with Crippen LogP contribution < -0.4 is 0 Å². The molecule has 0 spiro atoms. The van der Waals surface area contributed by atoms with Crippen molar-refractivity contribution in [3.8, 4) is 0 Å². The third-order valence-electron chi connectivity index (χ3n) is 2.54. The lowest BCUT2D eigenvalue weighted by molar-refractivity contribution is -0.143. The molecule has 2 aliphatic heterocycles. The van der Waals surface area contributed by atoms with E-state index in [4.69, 9.17) is 4.74 Å². The maximum Gasteiger partial charge on any atom is 0.325 e. The molecule has 0 N–H and O–H groups in total. The second-order valence-corrected chi connectivity index (χ2v) is 3.20. The number of hydrogen-bond donors (Lipinski definition) is 0. The fourth-order valence-electron chi connectivity index (χ4n) is 1.98. The van der Waals surface area contributed by atoms with Crippen LogP contribution in [0.2, 0.25) is 0 Å². The summed E-state index contributed by atoms with van der Waals surface area (Å²) < 4.78 is 5.16. The van der Waals surface area contributed by atoms with Crippen LogP contribution in [0.1, 0.15) is 26.2 Å². The average Bonchev–Trinajstić information content (AvgIpc) is 2.54. The predicted octanol–water partition coefficient (Wildman–Crippen LogP) is 0.744. The molecule has 2 atom stereocenters. The van der Waals surface area contributed by atoms with Gasteiger partial charge in [-0.25, -0.2) is 0 Å². The van der Waals surface area contributed by atoms with Crippen molar-refractivity contribution < 1.29 is 9.53 Å². The molecule has 0 amide bonds. The summed E-state index contributed by atoms with van der Waals surface area (Å²) in [6, 6.07) is 0.0972. The third kappa shape index (κ3) is 0.948. The minimum Gasteiger partial charge on any atom is -0.445 e. The van der Waals surface area contributed by atoms with E-state index in [1.807, 2.05) is 0 Å². The number of esters is 1. The topological polar surface area (TPSA) is 29.5 Å². The molecule has 0 aliphatic carbocycles. The van der Waals surface area contributed by atoms with Crippen LogP contribution >= 0.6 is 0 Å². The van der Waals surface area contributed by atoms with E-state index in [1.54, 1.807) is 0 Å². The van der Waals surface area contributed by atoms with E-state index >= 15 is 0 Å². The Kier molecular flexibility index (Phi) is 1.60. The SMILES string of the molecule is CCC1OC(=O)[C@@H]2CCCN12. The van der Waals surface area contributed by atoms with Gasteiger partial charge in [-0.2, -0.15) is 0 Å². The molecule has 1 unspecified atom stereocenters. The zero-order valence-electron chi connectivity index (χ0n) is 6.75. The van der Waals surface area contributed by atoms with Crippen LogP contribution in [0.4, 0.5) is 0 Å². The normalized spacial score (nSPS) is 37.4. The van der Waals surface area contributed by atoms with Crippen molar-refractivity contribution in [2.24, 2.45) is 0 Å². The molecule has 0 saturated carbocycles. The van der Waals surface area contributed by atoms with Crippen LogP contribution in [0, 0.1) is 0 Å². The quantitative estimate of drug-likeness (QED) is 0.523. The molecule has 0 aromatic carbocycles. The molecule has 2 heterocycles. The lowest BCUT2D eigenvalue weighted by Crippen LogP contribution is -2.31. The Bertz CT molecular complexity index is 181. The average molecular weight is 155 g/mol. The van der Waals surface area contributed by atoms with E-state index in [-0.39, 0.29) is 18.2 Å². The maximum atomic E-state index is 11.2. The molecule has 0 bridgehead atoms. The lowest BCUT2D eigenvalue weighted by Gasteiger charge is -2.17. The largest absolute Gasteiger partial charge is 0.445 e. The van der Waals surface area contributed by atoms with Gasteiger partial charge in [0.2, 0.25) is 0 Å². The molecule has 0 aromatic rings. The number of ether oxygens (including phenoxy) is 1. The van der Waals surface area contributed by atoms with E-state index in [0.717, 1.165) is 25.8 Å². The molecule has 0 radical (unpaired) electrons. The number of carbonyl (C=O) groups excluding carboxylic acids is 1. The number of hydrogen-bond acceptors (Lipinski definition) is 3. The van der Waals surface area contributed by atoms with Gasteiger partial charge in [0.25, 0.3) is 0 Å². The van der Waals surface area contributed by atoms with Crippen LogP contribution in [-0.2, 0) is 9.53 Å². The number of nitrogens with zero attached hydrogens (tertiary/aromatic N) is 1. The van der Waals surface area contributed by atoms with E-state index in [1.165, 1.54) is 0 Å². The van der Waals surface area contributed by atoms with Gasteiger partial charge in [0, 0.05) is 6.54 Å². The molecular weight excluding hydrogens is 142 g/mol. The van der Waals surface area contributed by atoms with Crippen molar-refractivity contribution in [2.75, 3.05) is 6.54 Å². The second kappa shape index (κ2) is 2.48. The van der Waals surface area contributed by atoms with Gasteiger partial charge in [-0.3, -0.25) is 9.69 Å². The smallest absolute Gasteiger partial charge is 0.325 e. The lowest BCUT2D eigenvalue weighted by atomic mass is 10.2. The Balaban J connectivity index is 2.13. The van der Waals surface area contributed by atoms with Crippen molar-refractivity contribution in [1.29, 1.82) is 0 Å². The van der Waals surface area contributed by atoms with Gasteiger partial charge in [-0.1, -0.05) is 6.92 Å². The molecule has 3 heteroatoms. The summed E-state index contributed by atoms with van der Waals surface area (Å²) >= 11 is 0. The molecule has 2 aliphatic rings. The highest BCUT2D eigenvalue weighted by Crippen LogP contribution is 2.29. The highest BCUT2D eigenvalue weighted by Gasteiger charge is 2.43. The first-order chi connectivity index (χ1) is 5.33. The van der Waals surface area contributed by atoms with Gasteiger partial charge in [-0.05, 0) is 19.3 Å². The van der Waals surface area contributed by atoms with E-state index in [2.05, 4.69) is 11.8 Å². The number of rotatable bonds is 1. The van der Waals surface area contributed by atoms with Crippen molar-refractivity contribution in [2.45, 2.75) is 38.5 Å². The van der Waals surface area contributed by atoms with Crippen molar-refractivity contribution in [3.05, 3.63) is 0 Å². The van der Waals surface area contributed by atoms with Crippen molar-refractivity contribution in [1.82, 2.24) is 4.90 Å². The zero-order valence-corrected chi connectivity index (χ0v) is 6.75. The molecule has 2 saturated heterocycles. The van der Waals surface area contributed by atoms with Crippen LogP contribution in [0.5, 0.6) is 0 Å². The molecular formula is C8H13NO2. The van der Waals surface area contributed by atoms with E-state index < -0.39 is 0 Å². The highest BCUT2D eigenvalue weighted by atomic mass is 16.6. The third-order valence-corrected chi connectivity index (χ3v) is 2.54. The Labute approximate surface area is 66.3 Å². The summed E-state index contributed by atoms with van der Waals surface area (Å²) in [4.78, 5) is 13.3. The Morgan fingerprint density at radius 1 is 1.73 bits per heavy atom. The Morgan fingerprint density at radius 2 is 2.55 bits per heavy atom. The minimum absolute atomic E-state index is 0.00523.